The summed E-state index contributed by atoms with van der Waals surface area (Å²) in [6.45, 7) is 2.63. The normalized spacial score (nSPS) is 11.3. The summed E-state index contributed by atoms with van der Waals surface area (Å²) in [6.07, 6.45) is 4.25. The minimum atomic E-state index is 0.520. The van der Waals surface area contributed by atoms with Gasteiger partial charge in [0.05, 0.1) is 27.1 Å². The quantitative estimate of drug-likeness (QED) is 0.469. The number of fused-ring (bicyclic) bond motifs is 1. The van der Waals surface area contributed by atoms with Gasteiger partial charge in [0.25, 0.3) is 0 Å². The molecule has 4 rings (SSSR count). The molecule has 9 heteroatoms. The first-order valence-electron chi connectivity index (χ1n) is 7.50. The number of anilines is 1. The number of H-pyrrole nitrogens is 1. The number of hydrogen-bond acceptors (Lipinski definition) is 6. The predicted octanol–water partition coefficient (Wildman–Crippen LogP) is 5.29. The molecule has 0 amide bonds. The summed E-state index contributed by atoms with van der Waals surface area (Å²) >= 11 is 15.6. The third-order valence-electron chi connectivity index (χ3n) is 3.67. The number of aryl methyl sites for hydroxylation is 1. The second-order valence-corrected chi connectivity index (χ2v) is 8.43. The number of aromatic nitrogens is 4. The monoisotopic (exact) mass is 409 g/mol. The number of hydrogen-bond donors (Lipinski definition) is 2. The lowest BCUT2D eigenvalue weighted by molar-refractivity contribution is 1.05. The van der Waals surface area contributed by atoms with Crippen molar-refractivity contribution in [1.82, 2.24) is 19.9 Å². The third kappa shape index (κ3) is 3.64. The highest BCUT2D eigenvalue weighted by Gasteiger charge is 2.13. The lowest BCUT2D eigenvalue weighted by atomic mass is 10.1. The average Bonchev–Trinajstić information content (AvgIpc) is 3.26. The topological polar surface area (TPSA) is 66.5 Å². The van der Waals surface area contributed by atoms with Crippen LogP contribution in [0.4, 0.5) is 5.13 Å². The summed E-state index contributed by atoms with van der Waals surface area (Å²) in [7, 11) is 0. The van der Waals surface area contributed by atoms with E-state index in [0.29, 0.717) is 23.1 Å². The van der Waals surface area contributed by atoms with Crippen molar-refractivity contribution in [1.29, 1.82) is 0 Å². The summed E-state index contributed by atoms with van der Waals surface area (Å²) in [5, 5.41) is 9.32. The van der Waals surface area contributed by atoms with Gasteiger partial charge in [-0.15, -0.1) is 22.7 Å². The van der Waals surface area contributed by atoms with Gasteiger partial charge < -0.3 is 10.3 Å². The smallest absolute Gasteiger partial charge is 0.184 e. The van der Waals surface area contributed by atoms with Gasteiger partial charge in [-0.1, -0.05) is 23.2 Å². The number of halogens is 2. The molecule has 0 aromatic carbocycles. The van der Waals surface area contributed by atoms with Crippen molar-refractivity contribution in [2.75, 3.05) is 5.32 Å². The Morgan fingerprint density at radius 3 is 2.96 bits per heavy atom. The fraction of sp³-hybridized carbons (Fsp3) is 0.188. The third-order valence-corrected chi connectivity index (χ3v) is 6.14. The Morgan fingerprint density at radius 1 is 1.28 bits per heavy atom. The first kappa shape index (κ1) is 16.8. The molecule has 0 saturated heterocycles. The fourth-order valence-corrected chi connectivity index (χ4v) is 4.48. The van der Waals surface area contributed by atoms with Crippen LogP contribution in [-0.2, 0) is 13.0 Å². The van der Waals surface area contributed by atoms with Crippen LogP contribution in [-0.4, -0.2) is 19.9 Å². The van der Waals surface area contributed by atoms with Crippen LogP contribution in [0.15, 0.2) is 23.8 Å². The van der Waals surface area contributed by atoms with Gasteiger partial charge in [-0.25, -0.2) is 15.0 Å². The highest BCUT2D eigenvalue weighted by atomic mass is 35.5. The van der Waals surface area contributed by atoms with E-state index in [1.165, 1.54) is 0 Å². The lowest BCUT2D eigenvalue weighted by Gasteiger charge is -1.98. The van der Waals surface area contributed by atoms with Crippen LogP contribution in [0, 0.1) is 6.92 Å². The summed E-state index contributed by atoms with van der Waals surface area (Å²) in [5.74, 6) is 0. The van der Waals surface area contributed by atoms with Crippen molar-refractivity contribution < 1.29 is 0 Å². The molecule has 25 heavy (non-hydrogen) atoms. The maximum absolute atomic E-state index is 6.32. The average molecular weight is 410 g/mol. The highest BCUT2D eigenvalue weighted by Crippen LogP contribution is 2.31. The zero-order valence-electron chi connectivity index (χ0n) is 13.1. The summed E-state index contributed by atoms with van der Waals surface area (Å²) in [4.78, 5) is 17.3. The van der Waals surface area contributed by atoms with E-state index >= 15 is 0 Å². The number of nitrogens with zero attached hydrogens (tertiary/aromatic N) is 3. The highest BCUT2D eigenvalue weighted by molar-refractivity contribution is 7.16. The van der Waals surface area contributed by atoms with E-state index < -0.39 is 0 Å². The van der Waals surface area contributed by atoms with Crippen LogP contribution in [0.1, 0.15) is 21.1 Å². The molecule has 5 nitrogen and oxygen atoms in total. The molecule has 0 aliphatic carbocycles. The molecule has 0 spiro atoms. The van der Waals surface area contributed by atoms with Gasteiger partial charge >= 0.3 is 0 Å². The number of rotatable bonds is 5. The zero-order chi connectivity index (χ0) is 17.4. The van der Waals surface area contributed by atoms with Gasteiger partial charge in [-0.05, 0) is 18.6 Å². The van der Waals surface area contributed by atoms with Crippen LogP contribution in [0.2, 0.25) is 10.2 Å². The van der Waals surface area contributed by atoms with E-state index in [-0.39, 0.29) is 0 Å². The van der Waals surface area contributed by atoms with Crippen LogP contribution in [0.3, 0.4) is 0 Å². The Bertz CT molecular complexity index is 1040. The van der Waals surface area contributed by atoms with E-state index in [0.717, 1.165) is 37.3 Å². The van der Waals surface area contributed by atoms with E-state index in [1.807, 2.05) is 24.6 Å². The molecule has 0 aliphatic heterocycles. The SMILES string of the molecule is Cc1nc(CNc2nc(Cl)c(Cc3c[nH]c4ncc(Cl)cc34)s2)cs1. The maximum Gasteiger partial charge on any atom is 0.184 e. The van der Waals surface area contributed by atoms with Gasteiger partial charge in [-0.3, -0.25) is 0 Å². The van der Waals surface area contributed by atoms with E-state index in [1.54, 1.807) is 28.9 Å². The Kier molecular flexibility index (Phi) is 4.64. The maximum atomic E-state index is 6.32. The Morgan fingerprint density at radius 2 is 2.16 bits per heavy atom. The fourth-order valence-electron chi connectivity index (χ4n) is 2.52. The summed E-state index contributed by atoms with van der Waals surface area (Å²) in [5.41, 5.74) is 2.92. The molecule has 0 unspecified atom stereocenters. The number of nitrogens with one attached hydrogen (secondary N) is 2. The molecule has 2 N–H and O–H groups in total. The molecule has 0 bridgehead atoms. The molecule has 0 radical (unpaired) electrons. The first-order valence-corrected chi connectivity index (χ1v) is 9.95. The standard InChI is InChI=1S/C16H13Cl2N5S2/c1-8-22-11(7-24-8)6-21-16-23-14(18)13(25-16)2-9-4-19-15-12(9)3-10(17)5-20-15/h3-5,7H,2,6H2,1H3,(H,19,20)(H,21,23). The van der Waals surface area contributed by atoms with Crippen molar-refractivity contribution in [3.8, 4) is 0 Å². The van der Waals surface area contributed by atoms with Gasteiger partial charge in [0.1, 0.15) is 10.8 Å². The van der Waals surface area contributed by atoms with E-state index in [2.05, 4.69) is 25.3 Å². The zero-order valence-corrected chi connectivity index (χ0v) is 16.3. The summed E-state index contributed by atoms with van der Waals surface area (Å²) < 4.78 is 0. The molecular weight excluding hydrogens is 397 g/mol. The second kappa shape index (κ2) is 6.92. The van der Waals surface area contributed by atoms with Crippen LogP contribution >= 0.6 is 45.9 Å². The van der Waals surface area contributed by atoms with Crippen molar-refractivity contribution in [2.45, 2.75) is 19.9 Å². The molecule has 4 aromatic heterocycles. The molecule has 0 saturated carbocycles. The van der Waals surface area contributed by atoms with Crippen molar-refractivity contribution in [2.24, 2.45) is 0 Å². The first-order chi connectivity index (χ1) is 12.1. The van der Waals surface area contributed by atoms with Crippen molar-refractivity contribution >= 4 is 62.0 Å². The molecule has 4 heterocycles. The van der Waals surface area contributed by atoms with E-state index in [4.69, 9.17) is 23.2 Å². The van der Waals surface area contributed by atoms with Gasteiger partial charge in [-0.2, -0.15) is 0 Å². The Hall–Kier alpha value is -1.67. The Labute approximate surface area is 162 Å². The molecular formula is C16H13Cl2N5S2. The van der Waals surface area contributed by atoms with Gasteiger partial charge in [0.15, 0.2) is 5.13 Å². The lowest BCUT2D eigenvalue weighted by Crippen LogP contribution is -1.98. The van der Waals surface area contributed by atoms with Gasteiger partial charge in [0.2, 0.25) is 0 Å². The molecule has 0 atom stereocenters. The second-order valence-electron chi connectivity index (χ2n) is 5.48. The minimum Gasteiger partial charge on any atom is -0.356 e. The molecule has 0 fully saturated rings. The predicted molar refractivity (Wildman–Crippen MR) is 105 cm³/mol. The van der Waals surface area contributed by atoms with Gasteiger partial charge in [0, 0.05) is 29.6 Å². The number of thiazole rings is 2. The van der Waals surface area contributed by atoms with Crippen molar-refractivity contribution in [3.05, 3.63) is 55.2 Å². The Balaban J connectivity index is 1.52. The molecule has 4 aromatic rings. The number of pyridine rings is 1. The van der Waals surface area contributed by atoms with Crippen LogP contribution in [0.5, 0.6) is 0 Å². The number of aromatic amines is 1. The largest absolute Gasteiger partial charge is 0.356 e. The minimum absolute atomic E-state index is 0.520. The summed E-state index contributed by atoms with van der Waals surface area (Å²) in [6, 6.07) is 1.91. The van der Waals surface area contributed by atoms with Crippen LogP contribution in [0.25, 0.3) is 11.0 Å². The molecule has 128 valence electrons. The van der Waals surface area contributed by atoms with E-state index in [9.17, 15) is 0 Å². The van der Waals surface area contributed by atoms with Crippen molar-refractivity contribution in [3.63, 3.8) is 0 Å². The van der Waals surface area contributed by atoms with Crippen LogP contribution < -0.4 is 5.32 Å². The molecule has 0 aliphatic rings.